The molecule has 10 nitrogen and oxygen atoms in total. The molecule has 0 aliphatic rings. The second kappa shape index (κ2) is 11.8. The molecular weight excluding hydrogens is 414 g/mol. The number of para-hydroxylation sites is 1. The summed E-state index contributed by atoms with van der Waals surface area (Å²) < 4.78 is 9.91. The van der Waals surface area contributed by atoms with Crippen LogP contribution in [0, 0.1) is 0 Å². The van der Waals surface area contributed by atoms with Crippen LogP contribution in [0.15, 0.2) is 75.3 Å². The number of hydrogen-bond donors (Lipinski definition) is 2. The number of amides is 1. The third-order valence-electron chi connectivity index (χ3n) is 4.04. The highest BCUT2D eigenvalue weighted by atomic mass is 16.5. The van der Waals surface area contributed by atoms with Crippen molar-refractivity contribution in [3.63, 3.8) is 0 Å². The average Bonchev–Trinajstić information content (AvgIpc) is 2.79. The summed E-state index contributed by atoms with van der Waals surface area (Å²) in [6.07, 6.45) is 1.41. The molecule has 0 bridgehead atoms. The molecule has 2 rings (SSSR count). The van der Waals surface area contributed by atoms with Gasteiger partial charge in [0.15, 0.2) is 0 Å². The lowest BCUT2D eigenvalue weighted by molar-refractivity contribution is -0.142. The summed E-state index contributed by atoms with van der Waals surface area (Å²) in [5, 5.41) is 21.7. The Hall–Kier alpha value is -4.21. The Kier molecular flexibility index (Phi) is 8.91. The standard InChI is InChI=1S/C22H25N5O5/c1-5-32-22(30)20(28)19(25-24-17-8-6-7-9-18(17)31-4)21(29)26-23-14-15-10-12-16(13-11-15)27(2)3/h6-14,28H,5H2,1-4H3,(H,26,29). The SMILES string of the molecule is CCOC(=O)C(O)=C(N=Nc1ccccc1OC)C(=O)NN=Cc1ccc(N(C)C)cc1. The van der Waals surface area contributed by atoms with Gasteiger partial charge in [0.1, 0.15) is 11.4 Å². The lowest BCUT2D eigenvalue weighted by Gasteiger charge is -2.11. The Morgan fingerprint density at radius 1 is 1.12 bits per heavy atom. The zero-order valence-corrected chi connectivity index (χ0v) is 18.3. The Morgan fingerprint density at radius 3 is 2.44 bits per heavy atom. The number of carbonyl (C=O) groups is 2. The Bertz CT molecular complexity index is 1030. The summed E-state index contributed by atoms with van der Waals surface area (Å²) in [5.41, 5.74) is 3.59. The summed E-state index contributed by atoms with van der Waals surface area (Å²) in [6.45, 7) is 1.57. The lowest BCUT2D eigenvalue weighted by atomic mass is 10.2. The van der Waals surface area contributed by atoms with E-state index in [0.717, 1.165) is 11.3 Å². The fourth-order valence-electron chi connectivity index (χ4n) is 2.39. The molecule has 2 aromatic rings. The van der Waals surface area contributed by atoms with E-state index in [0.29, 0.717) is 11.4 Å². The fraction of sp³-hybridized carbons (Fsp3) is 0.227. The lowest BCUT2D eigenvalue weighted by Crippen LogP contribution is -2.22. The number of rotatable bonds is 9. The molecule has 168 valence electrons. The van der Waals surface area contributed by atoms with Gasteiger partial charge in [-0.05, 0) is 36.8 Å². The highest BCUT2D eigenvalue weighted by molar-refractivity contribution is 6.01. The van der Waals surface area contributed by atoms with Crippen LogP contribution in [0.2, 0.25) is 0 Å². The molecule has 0 aromatic heterocycles. The van der Waals surface area contributed by atoms with Gasteiger partial charge in [-0.25, -0.2) is 10.2 Å². The first-order valence-electron chi connectivity index (χ1n) is 9.63. The Morgan fingerprint density at radius 2 is 1.81 bits per heavy atom. The summed E-state index contributed by atoms with van der Waals surface area (Å²) in [7, 11) is 5.30. The first kappa shape index (κ1) is 24.1. The second-order valence-electron chi connectivity index (χ2n) is 6.47. The van der Waals surface area contributed by atoms with Crippen LogP contribution in [-0.4, -0.2) is 51.0 Å². The number of azo groups is 1. The molecule has 0 saturated carbocycles. The molecule has 0 radical (unpaired) electrons. The van der Waals surface area contributed by atoms with E-state index in [9.17, 15) is 14.7 Å². The maximum Gasteiger partial charge on any atom is 0.376 e. The number of esters is 1. The van der Waals surface area contributed by atoms with Crippen molar-refractivity contribution in [2.75, 3.05) is 32.7 Å². The average molecular weight is 439 g/mol. The van der Waals surface area contributed by atoms with Crippen molar-refractivity contribution in [3.8, 4) is 5.75 Å². The van der Waals surface area contributed by atoms with Crippen LogP contribution < -0.4 is 15.1 Å². The van der Waals surface area contributed by atoms with E-state index in [1.165, 1.54) is 13.3 Å². The van der Waals surface area contributed by atoms with Gasteiger partial charge in [0.25, 0.3) is 5.91 Å². The van der Waals surface area contributed by atoms with Gasteiger partial charge < -0.3 is 19.5 Å². The molecule has 0 aliphatic carbocycles. The van der Waals surface area contributed by atoms with Crippen LogP contribution in [0.3, 0.4) is 0 Å². The number of nitrogens with zero attached hydrogens (tertiary/aromatic N) is 4. The molecule has 0 aliphatic heterocycles. The molecule has 0 unspecified atom stereocenters. The minimum atomic E-state index is -1.11. The molecule has 32 heavy (non-hydrogen) atoms. The number of anilines is 1. The molecular formula is C22H25N5O5. The van der Waals surface area contributed by atoms with Crippen molar-refractivity contribution in [2.24, 2.45) is 15.3 Å². The zero-order chi connectivity index (χ0) is 23.5. The topological polar surface area (TPSA) is 125 Å². The van der Waals surface area contributed by atoms with Gasteiger partial charge in [0.05, 0.1) is 19.9 Å². The summed E-state index contributed by atoms with van der Waals surface area (Å²) in [4.78, 5) is 26.4. The predicted octanol–water partition coefficient (Wildman–Crippen LogP) is 3.33. The van der Waals surface area contributed by atoms with Crippen LogP contribution in [0.5, 0.6) is 5.75 Å². The fourth-order valence-corrected chi connectivity index (χ4v) is 2.39. The van der Waals surface area contributed by atoms with Gasteiger partial charge in [0, 0.05) is 19.8 Å². The van der Waals surface area contributed by atoms with Crippen molar-refractivity contribution in [1.82, 2.24) is 5.43 Å². The summed E-state index contributed by atoms with van der Waals surface area (Å²) >= 11 is 0. The summed E-state index contributed by atoms with van der Waals surface area (Å²) in [6, 6.07) is 14.1. The number of benzene rings is 2. The first-order chi connectivity index (χ1) is 15.4. The van der Waals surface area contributed by atoms with E-state index < -0.39 is 23.3 Å². The molecule has 0 saturated heterocycles. The Labute approximate surface area is 185 Å². The number of nitrogens with one attached hydrogen (secondary N) is 1. The van der Waals surface area contributed by atoms with Crippen molar-refractivity contribution >= 4 is 29.5 Å². The van der Waals surface area contributed by atoms with E-state index in [1.807, 2.05) is 43.3 Å². The van der Waals surface area contributed by atoms with Gasteiger partial charge in [-0.15, -0.1) is 10.2 Å². The molecule has 1 amide bonds. The third-order valence-corrected chi connectivity index (χ3v) is 4.04. The molecule has 0 spiro atoms. The van der Waals surface area contributed by atoms with Crippen molar-refractivity contribution < 1.29 is 24.2 Å². The maximum absolute atomic E-state index is 12.6. The number of methoxy groups -OCH3 is 1. The molecule has 2 aromatic carbocycles. The highest BCUT2D eigenvalue weighted by Gasteiger charge is 2.22. The van der Waals surface area contributed by atoms with E-state index in [1.54, 1.807) is 31.2 Å². The van der Waals surface area contributed by atoms with E-state index in [-0.39, 0.29) is 6.61 Å². The number of aliphatic hydroxyl groups excluding tert-OH is 1. The molecule has 2 N–H and O–H groups in total. The quantitative estimate of drug-likeness (QED) is 0.154. The van der Waals surface area contributed by atoms with Crippen LogP contribution in [0.25, 0.3) is 0 Å². The number of aliphatic hydroxyl groups is 1. The predicted molar refractivity (Wildman–Crippen MR) is 120 cm³/mol. The number of carbonyl (C=O) groups excluding carboxylic acids is 2. The molecule has 10 heteroatoms. The largest absolute Gasteiger partial charge is 0.500 e. The van der Waals surface area contributed by atoms with Gasteiger partial charge in [0.2, 0.25) is 11.5 Å². The van der Waals surface area contributed by atoms with Crippen molar-refractivity contribution in [3.05, 3.63) is 65.6 Å². The normalized spacial score (nSPS) is 11.9. The molecule has 0 atom stereocenters. The van der Waals surface area contributed by atoms with E-state index in [4.69, 9.17) is 9.47 Å². The minimum absolute atomic E-state index is 0.00252. The minimum Gasteiger partial charge on any atom is -0.500 e. The van der Waals surface area contributed by atoms with Gasteiger partial charge in [-0.1, -0.05) is 24.3 Å². The van der Waals surface area contributed by atoms with Crippen LogP contribution >= 0.6 is 0 Å². The second-order valence-corrected chi connectivity index (χ2v) is 6.47. The number of ether oxygens (including phenoxy) is 2. The molecule has 0 fully saturated rings. The van der Waals surface area contributed by atoms with Crippen molar-refractivity contribution in [2.45, 2.75) is 6.92 Å². The summed E-state index contributed by atoms with van der Waals surface area (Å²) in [5.74, 6) is -2.66. The van der Waals surface area contributed by atoms with Crippen LogP contribution in [0.1, 0.15) is 12.5 Å². The maximum atomic E-state index is 12.6. The third kappa shape index (κ3) is 6.66. The Balaban J connectivity index is 2.25. The van der Waals surface area contributed by atoms with Gasteiger partial charge in [-0.3, -0.25) is 4.79 Å². The monoisotopic (exact) mass is 439 g/mol. The van der Waals surface area contributed by atoms with E-state index >= 15 is 0 Å². The van der Waals surface area contributed by atoms with Gasteiger partial charge in [-0.2, -0.15) is 5.10 Å². The zero-order valence-electron chi connectivity index (χ0n) is 18.3. The molecule has 0 heterocycles. The smallest absolute Gasteiger partial charge is 0.376 e. The number of hydrogen-bond acceptors (Lipinski definition) is 9. The highest BCUT2D eigenvalue weighted by Crippen LogP contribution is 2.27. The first-order valence-corrected chi connectivity index (χ1v) is 9.63. The van der Waals surface area contributed by atoms with Gasteiger partial charge >= 0.3 is 5.97 Å². The van der Waals surface area contributed by atoms with E-state index in [2.05, 4.69) is 20.8 Å². The van der Waals surface area contributed by atoms with Crippen molar-refractivity contribution in [1.29, 1.82) is 0 Å². The van der Waals surface area contributed by atoms with Crippen LogP contribution in [0.4, 0.5) is 11.4 Å². The number of hydrazone groups is 1. The van der Waals surface area contributed by atoms with Crippen LogP contribution in [-0.2, 0) is 14.3 Å².